The van der Waals surface area contributed by atoms with Gasteiger partial charge in [0.25, 0.3) is 0 Å². The lowest BCUT2D eigenvalue weighted by Gasteiger charge is -2.37. The Morgan fingerprint density at radius 1 is 1.17 bits per heavy atom. The standard InChI is InChI=1S/C22H38N4O2.HI/c1-5-12-28-17-20-9-7-6-8-19(20)15-24-22(23-4)25-16-21(18(2)3)26-10-13-27-14-11-26;/h6-9,18,21H,5,10-17H2,1-4H3,(H2,23,24,25);1H. The Kier molecular flexibility index (Phi) is 13.5. The third-order valence-electron chi connectivity index (χ3n) is 5.16. The van der Waals surface area contributed by atoms with Gasteiger partial charge in [-0.1, -0.05) is 45.0 Å². The van der Waals surface area contributed by atoms with Crippen LogP contribution in [0.25, 0.3) is 0 Å². The molecule has 0 saturated carbocycles. The number of hydrogen-bond donors (Lipinski definition) is 2. The van der Waals surface area contributed by atoms with E-state index in [9.17, 15) is 0 Å². The highest BCUT2D eigenvalue weighted by atomic mass is 127. The largest absolute Gasteiger partial charge is 0.379 e. The Morgan fingerprint density at radius 3 is 2.48 bits per heavy atom. The summed E-state index contributed by atoms with van der Waals surface area (Å²) >= 11 is 0. The molecule has 1 aliphatic rings. The van der Waals surface area contributed by atoms with Crippen LogP contribution in [-0.2, 0) is 22.6 Å². The van der Waals surface area contributed by atoms with Crippen molar-refractivity contribution in [2.24, 2.45) is 10.9 Å². The van der Waals surface area contributed by atoms with E-state index in [0.29, 0.717) is 18.6 Å². The van der Waals surface area contributed by atoms with Crippen molar-refractivity contribution in [2.75, 3.05) is 46.5 Å². The molecule has 29 heavy (non-hydrogen) atoms. The second-order valence-electron chi connectivity index (χ2n) is 7.59. The van der Waals surface area contributed by atoms with Gasteiger partial charge in [0.15, 0.2) is 5.96 Å². The van der Waals surface area contributed by atoms with E-state index in [1.54, 1.807) is 0 Å². The first-order chi connectivity index (χ1) is 13.7. The number of hydrogen-bond acceptors (Lipinski definition) is 4. The molecule has 1 aromatic rings. The second kappa shape index (κ2) is 15.0. The minimum absolute atomic E-state index is 0. The van der Waals surface area contributed by atoms with E-state index >= 15 is 0 Å². The lowest BCUT2D eigenvalue weighted by molar-refractivity contribution is 0.00752. The van der Waals surface area contributed by atoms with Gasteiger partial charge in [-0.05, 0) is 23.5 Å². The number of nitrogens with one attached hydrogen (secondary N) is 2. The third kappa shape index (κ3) is 9.19. The number of guanidine groups is 1. The molecule has 2 N–H and O–H groups in total. The number of nitrogens with zero attached hydrogens (tertiary/aromatic N) is 2. The van der Waals surface area contributed by atoms with E-state index < -0.39 is 0 Å². The summed E-state index contributed by atoms with van der Waals surface area (Å²) in [5.41, 5.74) is 2.47. The predicted octanol–water partition coefficient (Wildman–Crippen LogP) is 3.25. The van der Waals surface area contributed by atoms with E-state index in [4.69, 9.17) is 9.47 Å². The van der Waals surface area contributed by atoms with Gasteiger partial charge in [0, 0.05) is 45.9 Å². The van der Waals surface area contributed by atoms with Gasteiger partial charge in [0.1, 0.15) is 0 Å². The summed E-state index contributed by atoms with van der Waals surface area (Å²) in [6, 6.07) is 8.89. The number of ether oxygens (including phenoxy) is 2. The zero-order valence-electron chi connectivity index (χ0n) is 18.4. The molecule has 1 aliphatic heterocycles. The normalized spacial score (nSPS) is 16.4. The number of rotatable bonds is 10. The number of halogens is 1. The lowest BCUT2D eigenvalue weighted by atomic mass is 10.0. The third-order valence-corrected chi connectivity index (χ3v) is 5.16. The average Bonchev–Trinajstić information content (AvgIpc) is 2.72. The van der Waals surface area contributed by atoms with Crippen LogP contribution in [0, 0.1) is 5.92 Å². The number of morpholine rings is 1. The molecular weight excluding hydrogens is 479 g/mol. The van der Waals surface area contributed by atoms with Gasteiger partial charge in [-0.3, -0.25) is 9.89 Å². The molecule has 1 heterocycles. The van der Waals surface area contributed by atoms with Crippen molar-refractivity contribution in [3.05, 3.63) is 35.4 Å². The fraction of sp³-hybridized carbons (Fsp3) is 0.682. The molecule has 166 valence electrons. The fourth-order valence-electron chi connectivity index (χ4n) is 3.49. The number of benzene rings is 1. The van der Waals surface area contributed by atoms with Crippen LogP contribution in [0.15, 0.2) is 29.3 Å². The van der Waals surface area contributed by atoms with E-state index in [0.717, 1.165) is 58.4 Å². The van der Waals surface area contributed by atoms with Gasteiger partial charge in [-0.15, -0.1) is 24.0 Å². The van der Waals surface area contributed by atoms with Crippen molar-refractivity contribution in [2.45, 2.75) is 46.4 Å². The van der Waals surface area contributed by atoms with Crippen molar-refractivity contribution in [1.82, 2.24) is 15.5 Å². The van der Waals surface area contributed by atoms with Crippen LogP contribution in [0.3, 0.4) is 0 Å². The molecule has 1 fully saturated rings. The van der Waals surface area contributed by atoms with E-state index in [1.165, 1.54) is 11.1 Å². The molecule has 0 aliphatic carbocycles. The minimum Gasteiger partial charge on any atom is -0.379 e. The molecule has 1 atom stereocenters. The van der Waals surface area contributed by atoms with Crippen LogP contribution in [0.5, 0.6) is 0 Å². The molecule has 1 aromatic carbocycles. The molecule has 0 bridgehead atoms. The smallest absolute Gasteiger partial charge is 0.191 e. The molecule has 0 spiro atoms. The monoisotopic (exact) mass is 518 g/mol. The Morgan fingerprint density at radius 2 is 1.86 bits per heavy atom. The van der Waals surface area contributed by atoms with Gasteiger partial charge < -0.3 is 20.1 Å². The topological polar surface area (TPSA) is 58.1 Å². The van der Waals surface area contributed by atoms with Crippen LogP contribution in [0.1, 0.15) is 38.3 Å². The molecule has 0 amide bonds. The van der Waals surface area contributed by atoms with Crippen LogP contribution in [0.2, 0.25) is 0 Å². The molecule has 7 heteroatoms. The molecule has 2 rings (SSSR count). The summed E-state index contributed by atoms with van der Waals surface area (Å²) in [4.78, 5) is 6.93. The van der Waals surface area contributed by atoms with Crippen molar-refractivity contribution in [3.8, 4) is 0 Å². The van der Waals surface area contributed by atoms with Crippen LogP contribution < -0.4 is 10.6 Å². The maximum absolute atomic E-state index is 5.73. The molecule has 0 aromatic heterocycles. The summed E-state index contributed by atoms with van der Waals surface area (Å²) in [7, 11) is 1.82. The highest BCUT2D eigenvalue weighted by Gasteiger charge is 2.23. The van der Waals surface area contributed by atoms with Gasteiger partial charge in [-0.25, -0.2) is 0 Å². The first-order valence-electron chi connectivity index (χ1n) is 10.6. The van der Waals surface area contributed by atoms with Crippen LogP contribution >= 0.6 is 24.0 Å². The van der Waals surface area contributed by atoms with Crippen LogP contribution in [-0.4, -0.2) is 63.4 Å². The summed E-state index contributed by atoms with van der Waals surface area (Å²) in [6.45, 7) is 13.4. The second-order valence-corrected chi connectivity index (χ2v) is 7.59. The number of aliphatic imine (C=N–C) groups is 1. The SMILES string of the molecule is CCCOCc1ccccc1CNC(=NC)NCC(C(C)C)N1CCOCC1.I. The van der Waals surface area contributed by atoms with Gasteiger partial charge in [0.2, 0.25) is 0 Å². The van der Waals surface area contributed by atoms with Crippen molar-refractivity contribution >= 4 is 29.9 Å². The van der Waals surface area contributed by atoms with Gasteiger partial charge >= 0.3 is 0 Å². The van der Waals surface area contributed by atoms with Crippen molar-refractivity contribution < 1.29 is 9.47 Å². The first-order valence-corrected chi connectivity index (χ1v) is 10.6. The molecular formula is C22H39IN4O2. The summed E-state index contributed by atoms with van der Waals surface area (Å²) in [6.07, 6.45) is 1.04. The van der Waals surface area contributed by atoms with E-state index in [2.05, 4.69) is 65.6 Å². The molecule has 6 nitrogen and oxygen atoms in total. The zero-order chi connectivity index (χ0) is 20.2. The van der Waals surface area contributed by atoms with Gasteiger partial charge in [0.05, 0.1) is 19.8 Å². The highest BCUT2D eigenvalue weighted by molar-refractivity contribution is 14.0. The average molecular weight is 518 g/mol. The fourth-order valence-corrected chi connectivity index (χ4v) is 3.49. The van der Waals surface area contributed by atoms with Crippen molar-refractivity contribution in [3.63, 3.8) is 0 Å². The molecule has 1 unspecified atom stereocenters. The Hall–Kier alpha value is -0.900. The lowest BCUT2D eigenvalue weighted by Crippen LogP contribution is -2.52. The molecule has 0 radical (unpaired) electrons. The van der Waals surface area contributed by atoms with Crippen molar-refractivity contribution in [1.29, 1.82) is 0 Å². The maximum Gasteiger partial charge on any atom is 0.191 e. The minimum atomic E-state index is 0. The van der Waals surface area contributed by atoms with E-state index in [-0.39, 0.29) is 24.0 Å². The van der Waals surface area contributed by atoms with Gasteiger partial charge in [-0.2, -0.15) is 0 Å². The quantitative estimate of drug-likeness (QED) is 0.216. The Bertz CT molecular complexity index is 592. The summed E-state index contributed by atoms with van der Waals surface area (Å²) in [5.74, 6) is 1.41. The zero-order valence-corrected chi connectivity index (χ0v) is 20.8. The Balaban J connectivity index is 0.00000420. The molecule has 1 saturated heterocycles. The van der Waals surface area contributed by atoms with E-state index in [1.807, 2.05) is 7.05 Å². The first kappa shape index (κ1) is 26.1. The highest BCUT2D eigenvalue weighted by Crippen LogP contribution is 2.13. The summed E-state index contributed by atoms with van der Waals surface area (Å²) < 4.78 is 11.2. The summed E-state index contributed by atoms with van der Waals surface area (Å²) in [5, 5.41) is 6.97. The maximum atomic E-state index is 5.73. The Labute approximate surface area is 193 Å². The van der Waals surface area contributed by atoms with Crippen LogP contribution in [0.4, 0.5) is 0 Å². The predicted molar refractivity (Wildman–Crippen MR) is 131 cm³/mol.